The van der Waals surface area contributed by atoms with E-state index in [9.17, 15) is 19.2 Å². The third kappa shape index (κ3) is 10.2. The van der Waals surface area contributed by atoms with Crippen LogP contribution in [-0.2, 0) is 9.59 Å². The summed E-state index contributed by atoms with van der Waals surface area (Å²) in [7, 11) is 3.27. The molecule has 4 rings (SSSR count). The van der Waals surface area contributed by atoms with E-state index in [1.807, 2.05) is 50.3 Å². The second-order valence-corrected chi connectivity index (χ2v) is 11.6. The predicted molar refractivity (Wildman–Crippen MR) is 179 cm³/mol. The maximum absolute atomic E-state index is 12.7. The van der Waals surface area contributed by atoms with Crippen LogP contribution in [0.25, 0.3) is 0 Å². The maximum Gasteiger partial charge on any atom is 0.258 e. The van der Waals surface area contributed by atoms with Gasteiger partial charge in [-0.15, -0.1) is 0 Å². The van der Waals surface area contributed by atoms with Gasteiger partial charge in [-0.05, 0) is 64.8 Å². The van der Waals surface area contributed by atoms with E-state index in [0.29, 0.717) is 35.7 Å². The van der Waals surface area contributed by atoms with Gasteiger partial charge in [-0.3, -0.25) is 19.2 Å². The lowest BCUT2D eigenvalue weighted by atomic mass is 10.1. The zero-order valence-electron chi connectivity index (χ0n) is 27.8. The standard InChI is InChI=1S/2C18H24N2O3/c2*1-13-9-5-4-8-12-19-17(21)14(2)20(3)18(22)15-10-6-7-11-16(15)23-13/h2*4-7,10-11,13-14H,8-9,12H2,1-3H3,(H,19,21)/b5-4+;5-4-/t2*13-,14-/m00/s1. The van der Waals surface area contributed by atoms with Crippen molar-refractivity contribution in [3.63, 3.8) is 0 Å². The number of nitrogens with zero attached hydrogens (tertiary/aromatic N) is 2. The molecule has 4 amide bonds. The molecule has 0 bridgehead atoms. The van der Waals surface area contributed by atoms with E-state index in [1.54, 1.807) is 64.3 Å². The molecule has 0 aliphatic carbocycles. The molecule has 2 aliphatic heterocycles. The van der Waals surface area contributed by atoms with E-state index in [1.165, 1.54) is 9.80 Å². The van der Waals surface area contributed by atoms with E-state index in [0.717, 1.165) is 25.7 Å². The third-order valence-corrected chi connectivity index (χ3v) is 7.94. The highest BCUT2D eigenvalue weighted by atomic mass is 16.5. The summed E-state index contributed by atoms with van der Waals surface area (Å²) in [5.41, 5.74) is 0.949. The molecule has 2 aliphatic rings. The SMILES string of the molecule is C[C@H]1C/C=C/CCNC(=O)[C@H](C)N(C)C(=O)c2ccccc2O1.C[C@H]1C/C=C\CCNC(=O)[C@H](C)N(C)C(=O)c2ccccc2O1. The summed E-state index contributed by atoms with van der Waals surface area (Å²) in [4.78, 5) is 52.6. The van der Waals surface area contributed by atoms with Crippen LogP contribution in [0.4, 0.5) is 0 Å². The van der Waals surface area contributed by atoms with Crippen LogP contribution in [0.3, 0.4) is 0 Å². The second-order valence-electron chi connectivity index (χ2n) is 11.6. The minimum atomic E-state index is -0.542. The molecular formula is C36H48N4O6. The average molecular weight is 633 g/mol. The molecule has 0 saturated carbocycles. The normalized spacial score (nSPS) is 24.9. The van der Waals surface area contributed by atoms with Gasteiger partial charge in [-0.25, -0.2) is 0 Å². The van der Waals surface area contributed by atoms with Crippen molar-refractivity contribution in [3.8, 4) is 11.5 Å². The molecular weight excluding hydrogens is 584 g/mol. The fourth-order valence-corrected chi connectivity index (χ4v) is 4.77. The van der Waals surface area contributed by atoms with Crippen molar-refractivity contribution < 1.29 is 28.7 Å². The number of ether oxygens (including phenoxy) is 2. The Kier molecular flexibility index (Phi) is 13.9. The molecule has 0 saturated heterocycles. The van der Waals surface area contributed by atoms with Gasteiger partial charge in [0.2, 0.25) is 11.8 Å². The third-order valence-electron chi connectivity index (χ3n) is 7.94. The Morgan fingerprint density at radius 3 is 1.35 bits per heavy atom. The van der Waals surface area contributed by atoms with Crippen LogP contribution >= 0.6 is 0 Å². The Hall–Kier alpha value is -4.60. The molecule has 10 heteroatoms. The minimum Gasteiger partial charge on any atom is -0.490 e. The van der Waals surface area contributed by atoms with Crippen LogP contribution in [0.5, 0.6) is 11.5 Å². The summed E-state index contributed by atoms with van der Waals surface area (Å²) >= 11 is 0. The molecule has 2 N–H and O–H groups in total. The Labute approximate surface area is 272 Å². The predicted octanol–water partition coefficient (Wildman–Crippen LogP) is 4.76. The van der Waals surface area contributed by atoms with Gasteiger partial charge in [-0.2, -0.15) is 0 Å². The zero-order valence-corrected chi connectivity index (χ0v) is 27.8. The first kappa shape index (κ1) is 35.9. The van der Waals surface area contributed by atoms with E-state index in [-0.39, 0.29) is 35.8 Å². The van der Waals surface area contributed by atoms with Crippen LogP contribution in [0.1, 0.15) is 74.1 Å². The Bertz CT molecular complexity index is 1300. The number of amides is 4. The number of hydrogen-bond donors (Lipinski definition) is 2. The molecule has 0 aromatic heterocycles. The first-order chi connectivity index (χ1) is 22.0. The van der Waals surface area contributed by atoms with Crippen LogP contribution < -0.4 is 20.1 Å². The highest BCUT2D eigenvalue weighted by Gasteiger charge is 2.27. The molecule has 46 heavy (non-hydrogen) atoms. The summed E-state index contributed by atoms with van der Waals surface area (Å²) < 4.78 is 11.8. The lowest BCUT2D eigenvalue weighted by molar-refractivity contribution is -0.125. The number of fused-ring (bicyclic) bond motifs is 2. The van der Waals surface area contributed by atoms with Gasteiger partial charge in [0.05, 0.1) is 23.3 Å². The first-order valence-electron chi connectivity index (χ1n) is 15.9. The van der Waals surface area contributed by atoms with Gasteiger partial charge in [0.15, 0.2) is 0 Å². The number of nitrogens with one attached hydrogen (secondary N) is 2. The van der Waals surface area contributed by atoms with Crippen molar-refractivity contribution >= 4 is 23.6 Å². The maximum atomic E-state index is 12.7. The van der Waals surface area contributed by atoms with Gasteiger partial charge in [-0.1, -0.05) is 48.6 Å². The molecule has 0 unspecified atom stereocenters. The van der Waals surface area contributed by atoms with E-state index in [4.69, 9.17) is 9.47 Å². The summed E-state index contributed by atoms with van der Waals surface area (Å²) in [6.07, 6.45) is 11.1. The van der Waals surface area contributed by atoms with Crippen molar-refractivity contribution in [1.82, 2.24) is 20.4 Å². The summed E-state index contributed by atoms with van der Waals surface area (Å²) in [6, 6.07) is 13.2. The smallest absolute Gasteiger partial charge is 0.258 e. The van der Waals surface area contributed by atoms with Gasteiger partial charge in [0.25, 0.3) is 11.8 Å². The highest BCUT2D eigenvalue weighted by Crippen LogP contribution is 2.24. The topological polar surface area (TPSA) is 117 Å². The number of carbonyl (C=O) groups excluding carboxylic acids is 4. The molecule has 2 aromatic carbocycles. The van der Waals surface area contributed by atoms with Gasteiger partial charge < -0.3 is 29.9 Å². The number of para-hydroxylation sites is 2. The first-order valence-corrected chi connectivity index (χ1v) is 15.9. The number of likely N-dealkylation sites (N-methyl/N-ethyl adjacent to an activating group) is 2. The van der Waals surface area contributed by atoms with Crippen molar-refractivity contribution in [2.75, 3.05) is 27.2 Å². The van der Waals surface area contributed by atoms with Crippen molar-refractivity contribution in [2.45, 2.75) is 77.7 Å². The lowest BCUT2D eigenvalue weighted by Gasteiger charge is -2.26. The average Bonchev–Trinajstić information content (AvgIpc) is 3.05. The van der Waals surface area contributed by atoms with E-state index >= 15 is 0 Å². The largest absolute Gasteiger partial charge is 0.490 e. The number of rotatable bonds is 0. The molecule has 4 atom stereocenters. The fraction of sp³-hybridized carbons (Fsp3) is 0.444. The lowest BCUT2D eigenvalue weighted by Crippen LogP contribution is -2.46. The van der Waals surface area contributed by atoms with E-state index in [2.05, 4.69) is 10.6 Å². The molecule has 248 valence electrons. The summed E-state index contributed by atoms with van der Waals surface area (Å²) in [5, 5.41) is 5.71. The molecule has 0 fully saturated rings. The fourth-order valence-electron chi connectivity index (χ4n) is 4.77. The van der Waals surface area contributed by atoms with Crippen LogP contribution in [0.2, 0.25) is 0 Å². The Morgan fingerprint density at radius 1 is 0.587 bits per heavy atom. The quantitative estimate of drug-likeness (QED) is 0.405. The van der Waals surface area contributed by atoms with Crippen molar-refractivity contribution in [1.29, 1.82) is 0 Å². The molecule has 2 aromatic rings. The van der Waals surface area contributed by atoms with Crippen LogP contribution in [0, 0.1) is 0 Å². The molecule has 0 spiro atoms. The second kappa shape index (κ2) is 17.8. The Balaban J connectivity index is 0.000000250. The van der Waals surface area contributed by atoms with E-state index < -0.39 is 12.1 Å². The van der Waals surface area contributed by atoms with Gasteiger partial charge in [0.1, 0.15) is 23.6 Å². The number of carbonyl (C=O) groups is 4. The van der Waals surface area contributed by atoms with Crippen molar-refractivity contribution in [3.05, 3.63) is 84.0 Å². The van der Waals surface area contributed by atoms with Crippen LogP contribution in [0.15, 0.2) is 72.8 Å². The summed E-state index contributed by atoms with van der Waals surface area (Å²) in [5.74, 6) is 0.354. The van der Waals surface area contributed by atoms with Crippen LogP contribution in [-0.4, -0.2) is 84.9 Å². The number of hydrogen-bond acceptors (Lipinski definition) is 6. The van der Waals surface area contributed by atoms with Gasteiger partial charge in [0, 0.05) is 40.0 Å². The minimum absolute atomic E-state index is 0.0274. The zero-order chi connectivity index (χ0) is 33.6. The highest BCUT2D eigenvalue weighted by molar-refractivity contribution is 6.00. The van der Waals surface area contributed by atoms with Crippen molar-refractivity contribution in [2.24, 2.45) is 0 Å². The molecule has 2 heterocycles. The number of benzene rings is 2. The Morgan fingerprint density at radius 2 is 0.957 bits per heavy atom. The molecule has 0 radical (unpaired) electrons. The molecule has 10 nitrogen and oxygen atoms in total. The van der Waals surface area contributed by atoms with Gasteiger partial charge >= 0.3 is 0 Å². The summed E-state index contributed by atoms with van der Waals surface area (Å²) in [6.45, 7) is 8.53. The monoisotopic (exact) mass is 632 g/mol.